The predicted molar refractivity (Wildman–Crippen MR) is 68.6 cm³/mol. The molecule has 0 saturated heterocycles. The summed E-state index contributed by atoms with van der Waals surface area (Å²) in [4.78, 5) is 22.3. The van der Waals surface area contributed by atoms with Crippen molar-refractivity contribution in [2.45, 2.75) is 13.1 Å². The normalized spacial score (nSPS) is 13.2. The van der Waals surface area contributed by atoms with Crippen molar-refractivity contribution in [1.82, 2.24) is 14.9 Å². The molecule has 1 aliphatic rings. The van der Waals surface area contributed by atoms with Gasteiger partial charge in [-0.3, -0.25) is 4.79 Å². The van der Waals surface area contributed by atoms with E-state index in [1.54, 1.807) is 30.3 Å². The van der Waals surface area contributed by atoms with Crippen LogP contribution in [0.2, 0.25) is 0 Å². The number of carbonyl (C=O) groups excluding carboxylic acids is 1. The fourth-order valence-electron chi connectivity index (χ4n) is 2.18. The Morgan fingerprint density at radius 3 is 3.05 bits per heavy atom. The van der Waals surface area contributed by atoms with Gasteiger partial charge in [0.2, 0.25) is 0 Å². The molecular formula is C14H13N3O2. The topological polar surface area (TPSA) is 55.3 Å². The molecule has 0 radical (unpaired) electrons. The van der Waals surface area contributed by atoms with Crippen LogP contribution in [-0.4, -0.2) is 27.9 Å². The number of amides is 1. The molecule has 2 heterocycles. The summed E-state index contributed by atoms with van der Waals surface area (Å²) in [5, 5.41) is 0. The fourth-order valence-corrected chi connectivity index (χ4v) is 2.18. The molecule has 0 bridgehead atoms. The molecular weight excluding hydrogens is 242 g/mol. The third kappa shape index (κ3) is 2.14. The van der Waals surface area contributed by atoms with Crippen molar-refractivity contribution in [1.29, 1.82) is 0 Å². The minimum atomic E-state index is -0.0168. The lowest BCUT2D eigenvalue weighted by atomic mass is 10.2. The Bertz CT molecular complexity index is 603. The van der Waals surface area contributed by atoms with E-state index >= 15 is 0 Å². The number of fused-ring (bicyclic) bond motifs is 1. The van der Waals surface area contributed by atoms with Gasteiger partial charge in [-0.1, -0.05) is 6.07 Å². The number of aromatic nitrogens is 2. The lowest BCUT2D eigenvalue weighted by Crippen LogP contribution is -2.25. The maximum absolute atomic E-state index is 12.4. The molecule has 96 valence electrons. The standard InChI is InChI=1S/C14H13N3O2/c1-19-12-4-2-3-10(5-12)14(18)17-7-11-6-15-9-16-13(11)8-17/h2-6,9H,7-8H2,1H3. The maximum Gasteiger partial charge on any atom is 0.254 e. The number of methoxy groups -OCH3 is 1. The smallest absolute Gasteiger partial charge is 0.254 e. The van der Waals surface area contributed by atoms with Crippen LogP contribution >= 0.6 is 0 Å². The summed E-state index contributed by atoms with van der Waals surface area (Å²) in [6.07, 6.45) is 3.28. The van der Waals surface area contributed by atoms with Gasteiger partial charge in [0.25, 0.3) is 5.91 Å². The van der Waals surface area contributed by atoms with E-state index in [9.17, 15) is 4.79 Å². The van der Waals surface area contributed by atoms with Crippen LogP contribution in [-0.2, 0) is 13.1 Å². The van der Waals surface area contributed by atoms with E-state index in [4.69, 9.17) is 4.74 Å². The first-order valence-corrected chi connectivity index (χ1v) is 5.99. The molecule has 0 aliphatic carbocycles. The molecule has 1 aromatic heterocycles. The van der Waals surface area contributed by atoms with Crippen LogP contribution in [0.25, 0.3) is 0 Å². The van der Waals surface area contributed by atoms with Crippen LogP contribution in [0.15, 0.2) is 36.8 Å². The van der Waals surface area contributed by atoms with Crippen LogP contribution in [0, 0.1) is 0 Å². The van der Waals surface area contributed by atoms with Gasteiger partial charge >= 0.3 is 0 Å². The van der Waals surface area contributed by atoms with Gasteiger partial charge in [0, 0.05) is 23.9 Å². The third-order valence-electron chi connectivity index (χ3n) is 3.19. The number of ether oxygens (including phenoxy) is 1. The summed E-state index contributed by atoms with van der Waals surface area (Å²) in [6, 6.07) is 7.17. The Morgan fingerprint density at radius 1 is 1.37 bits per heavy atom. The van der Waals surface area contributed by atoms with Gasteiger partial charge in [-0.2, -0.15) is 0 Å². The molecule has 19 heavy (non-hydrogen) atoms. The van der Waals surface area contributed by atoms with Crippen LogP contribution in [0.5, 0.6) is 5.75 Å². The summed E-state index contributed by atoms with van der Waals surface area (Å²) in [6.45, 7) is 1.10. The van der Waals surface area contributed by atoms with Crippen molar-refractivity contribution in [3.63, 3.8) is 0 Å². The first-order chi connectivity index (χ1) is 9.28. The van der Waals surface area contributed by atoms with E-state index in [2.05, 4.69) is 9.97 Å². The number of carbonyl (C=O) groups is 1. The van der Waals surface area contributed by atoms with Crippen molar-refractivity contribution in [3.8, 4) is 5.75 Å². The molecule has 1 amide bonds. The van der Waals surface area contributed by atoms with Crippen LogP contribution in [0.3, 0.4) is 0 Å². The van der Waals surface area contributed by atoms with E-state index in [1.165, 1.54) is 6.33 Å². The number of hydrogen-bond donors (Lipinski definition) is 0. The number of benzene rings is 1. The molecule has 1 aliphatic heterocycles. The van der Waals surface area contributed by atoms with Gasteiger partial charge in [-0.25, -0.2) is 9.97 Å². The number of hydrogen-bond acceptors (Lipinski definition) is 4. The van der Waals surface area contributed by atoms with Crippen molar-refractivity contribution < 1.29 is 9.53 Å². The molecule has 0 N–H and O–H groups in total. The third-order valence-corrected chi connectivity index (χ3v) is 3.19. The zero-order chi connectivity index (χ0) is 13.2. The predicted octanol–water partition coefficient (Wildman–Crippen LogP) is 1.64. The molecule has 1 aromatic carbocycles. The van der Waals surface area contributed by atoms with Gasteiger partial charge < -0.3 is 9.64 Å². The van der Waals surface area contributed by atoms with E-state index in [0.717, 1.165) is 11.3 Å². The number of nitrogens with zero attached hydrogens (tertiary/aromatic N) is 3. The molecule has 2 aromatic rings. The summed E-state index contributed by atoms with van der Waals surface area (Å²) in [5.41, 5.74) is 2.56. The second-order valence-electron chi connectivity index (χ2n) is 4.39. The first kappa shape index (κ1) is 11.6. The highest BCUT2D eigenvalue weighted by Gasteiger charge is 2.25. The van der Waals surface area contributed by atoms with E-state index in [0.29, 0.717) is 24.4 Å². The SMILES string of the molecule is COc1cccc(C(=O)N2Cc3cncnc3C2)c1. The average Bonchev–Trinajstić information content (AvgIpc) is 2.90. The summed E-state index contributed by atoms with van der Waals surface area (Å²) >= 11 is 0. The molecule has 0 atom stereocenters. The summed E-state index contributed by atoms with van der Waals surface area (Å²) < 4.78 is 5.14. The van der Waals surface area contributed by atoms with Gasteiger partial charge in [0.15, 0.2) is 0 Å². The molecule has 5 heteroatoms. The van der Waals surface area contributed by atoms with Crippen LogP contribution < -0.4 is 4.74 Å². The minimum Gasteiger partial charge on any atom is -0.497 e. The summed E-state index contributed by atoms with van der Waals surface area (Å²) in [7, 11) is 1.59. The van der Waals surface area contributed by atoms with Gasteiger partial charge in [-0.15, -0.1) is 0 Å². The van der Waals surface area contributed by atoms with E-state index in [-0.39, 0.29) is 5.91 Å². The van der Waals surface area contributed by atoms with Crippen molar-refractivity contribution in [2.24, 2.45) is 0 Å². The molecule has 0 saturated carbocycles. The van der Waals surface area contributed by atoms with Crippen molar-refractivity contribution in [2.75, 3.05) is 7.11 Å². The summed E-state index contributed by atoms with van der Waals surface area (Å²) in [5.74, 6) is 0.666. The zero-order valence-electron chi connectivity index (χ0n) is 10.5. The minimum absolute atomic E-state index is 0.0168. The van der Waals surface area contributed by atoms with Crippen molar-refractivity contribution >= 4 is 5.91 Å². The second kappa shape index (κ2) is 4.68. The Kier molecular flexibility index (Phi) is 2.87. The molecule has 5 nitrogen and oxygen atoms in total. The van der Waals surface area contributed by atoms with E-state index < -0.39 is 0 Å². The second-order valence-corrected chi connectivity index (χ2v) is 4.39. The van der Waals surface area contributed by atoms with Crippen LogP contribution in [0.4, 0.5) is 0 Å². The number of rotatable bonds is 2. The Labute approximate surface area is 110 Å². The average molecular weight is 255 g/mol. The van der Waals surface area contributed by atoms with Crippen molar-refractivity contribution in [3.05, 3.63) is 53.6 Å². The molecule has 0 unspecified atom stereocenters. The fraction of sp³-hybridized carbons (Fsp3) is 0.214. The molecule has 0 spiro atoms. The highest BCUT2D eigenvalue weighted by molar-refractivity contribution is 5.94. The zero-order valence-corrected chi connectivity index (χ0v) is 10.5. The Morgan fingerprint density at radius 2 is 2.26 bits per heavy atom. The molecule has 0 fully saturated rings. The van der Waals surface area contributed by atoms with Gasteiger partial charge in [-0.05, 0) is 18.2 Å². The van der Waals surface area contributed by atoms with Crippen LogP contribution in [0.1, 0.15) is 21.6 Å². The lowest BCUT2D eigenvalue weighted by molar-refractivity contribution is 0.0750. The Balaban J connectivity index is 1.83. The Hall–Kier alpha value is -2.43. The monoisotopic (exact) mass is 255 g/mol. The highest BCUT2D eigenvalue weighted by Crippen LogP contribution is 2.22. The maximum atomic E-state index is 12.4. The highest BCUT2D eigenvalue weighted by atomic mass is 16.5. The van der Waals surface area contributed by atoms with E-state index in [1.807, 2.05) is 12.1 Å². The molecule has 3 rings (SSSR count). The lowest BCUT2D eigenvalue weighted by Gasteiger charge is -2.15. The van der Waals surface area contributed by atoms with Gasteiger partial charge in [0.05, 0.1) is 19.3 Å². The first-order valence-electron chi connectivity index (χ1n) is 5.99. The van der Waals surface area contributed by atoms with Gasteiger partial charge in [0.1, 0.15) is 12.1 Å². The quantitative estimate of drug-likeness (QED) is 0.818. The largest absolute Gasteiger partial charge is 0.497 e.